The Labute approximate surface area is 167 Å². The average Bonchev–Trinajstić information content (AvgIpc) is 3.40. The van der Waals surface area contributed by atoms with E-state index in [1.54, 1.807) is 12.1 Å². The summed E-state index contributed by atoms with van der Waals surface area (Å²) in [6.45, 7) is 3.54. The molecule has 142 valence electrons. The molecule has 2 N–H and O–H groups in total. The summed E-state index contributed by atoms with van der Waals surface area (Å²) in [6, 6.07) is 13.9. The molecule has 0 amide bonds. The molecule has 0 saturated carbocycles. The van der Waals surface area contributed by atoms with Gasteiger partial charge in [0, 0.05) is 28.4 Å². The molecule has 5 rings (SSSR count). The second-order valence-corrected chi connectivity index (χ2v) is 8.41. The molecule has 5 heteroatoms. The maximum absolute atomic E-state index is 12.3. The minimum Gasteiger partial charge on any atom is -0.507 e. The van der Waals surface area contributed by atoms with E-state index in [0.29, 0.717) is 4.70 Å². The van der Waals surface area contributed by atoms with Crippen molar-refractivity contribution in [2.75, 3.05) is 19.6 Å². The summed E-state index contributed by atoms with van der Waals surface area (Å²) in [5.74, 6) is 0.233. The molecule has 3 heterocycles. The number of hydrogen-bond acceptors (Lipinski definition) is 4. The fourth-order valence-corrected chi connectivity index (χ4v) is 5.06. The summed E-state index contributed by atoms with van der Waals surface area (Å²) in [4.78, 5) is 17.8. The number of phenolic OH excluding ortho intramolecular Hbond substituents is 1. The van der Waals surface area contributed by atoms with Gasteiger partial charge in [-0.25, -0.2) is 0 Å². The molecule has 1 aliphatic rings. The minimum atomic E-state index is -0.0774. The van der Waals surface area contributed by atoms with E-state index in [4.69, 9.17) is 0 Å². The molecule has 4 nitrogen and oxygen atoms in total. The van der Waals surface area contributed by atoms with Crippen LogP contribution >= 0.6 is 11.3 Å². The summed E-state index contributed by atoms with van der Waals surface area (Å²) in [5, 5.41) is 14.4. The Kier molecular flexibility index (Phi) is 4.41. The lowest BCUT2D eigenvalue weighted by Crippen LogP contribution is -2.21. The quantitative estimate of drug-likeness (QED) is 0.528. The Bertz CT molecular complexity index is 1200. The molecule has 0 spiro atoms. The highest BCUT2D eigenvalue weighted by Crippen LogP contribution is 2.39. The van der Waals surface area contributed by atoms with E-state index in [1.165, 1.54) is 42.8 Å². The first kappa shape index (κ1) is 17.5. The zero-order chi connectivity index (χ0) is 19.1. The third-order valence-corrected chi connectivity index (χ3v) is 6.64. The van der Waals surface area contributed by atoms with Gasteiger partial charge in [-0.15, -0.1) is 11.3 Å². The lowest BCUT2D eigenvalue weighted by molar-refractivity contribution is 0.343. The normalized spacial score (nSPS) is 15.0. The molecule has 1 saturated heterocycles. The van der Waals surface area contributed by atoms with Gasteiger partial charge in [-0.05, 0) is 67.1 Å². The average molecular weight is 391 g/mol. The van der Waals surface area contributed by atoms with Crippen molar-refractivity contribution in [3.8, 4) is 16.9 Å². The Morgan fingerprint density at radius 3 is 2.61 bits per heavy atom. The van der Waals surface area contributed by atoms with Crippen LogP contribution in [0.2, 0.25) is 0 Å². The van der Waals surface area contributed by atoms with E-state index in [9.17, 15) is 9.90 Å². The highest BCUT2D eigenvalue weighted by Gasteiger charge is 2.16. The first-order valence-electron chi connectivity index (χ1n) is 9.77. The van der Waals surface area contributed by atoms with Crippen LogP contribution in [0.4, 0.5) is 0 Å². The molecule has 0 radical (unpaired) electrons. The van der Waals surface area contributed by atoms with Crippen LogP contribution in [0.5, 0.6) is 5.75 Å². The van der Waals surface area contributed by atoms with Crippen LogP contribution in [0.1, 0.15) is 18.4 Å². The molecule has 4 aromatic rings. The Hall–Kier alpha value is -2.63. The maximum atomic E-state index is 12.3. The van der Waals surface area contributed by atoms with Crippen LogP contribution in [0, 0.1) is 0 Å². The van der Waals surface area contributed by atoms with Gasteiger partial charge in [-0.3, -0.25) is 4.79 Å². The first-order chi connectivity index (χ1) is 13.7. The van der Waals surface area contributed by atoms with Gasteiger partial charge in [0.1, 0.15) is 10.4 Å². The third kappa shape index (κ3) is 3.01. The molecule has 0 unspecified atom stereocenters. The number of aromatic hydroxyl groups is 1. The molecule has 2 aromatic heterocycles. The highest BCUT2D eigenvalue weighted by atomic mass is 32.1. The Morgan fingerprint density at radius 2 is 1.82 bits per heavy atom. The number of phenols is 1. The van der Waals surface area contributed by atoms with Crippen molar-refractivity contribution in [1.82, 2.24) is 9.88 Å². The number of hydrogen-bond donors (Lipinski definition) is 2. The molecule has 2 aromatic carbocycles. The summed E-state index contributed by atoms with van der Waals surface area (Å²) in [7, 11) is 0. The van der Waals surface area contributed by atoms with E-state index in [0.717, 1.165) is 40.4 Å². The van der Waals surface area contributed by atoms with Crippen LogP contribution in [0.15, 0.2) is 52.6 Å². The number of benzene rings is 2. The van der Waals surface area contributed by atoms with Crippen LogP contribution in [-0.2, 0) is 6.42 Å². The first-order valence-corrected chi connectivity index (χ1v) is 10.7. The van der Waals surface area contributed by atoms with Crippen molar-refractivity contribution >= 4 is 32.3 Å². The summed E-state index contributed by atoms with van der Waals surface area (Å²) in [6.07, 6.45) is 3.68. The van der Waals surface area contributed by atoms with Gasteiger partial charge >= 0.3 is 0 Å². The van der Waals surface area contributed by atoms with Crippen LogP contribution in [-0.4, -0.2) is 34.6 Å². The fourth-order valence-electron chi connectivity index (χ4n) is 4.26. The van der Waals surface area contributed by atoms with E-state index in [-0.39, 0.29) is 11.3 Å². The van der Waals surface area contributed by atoms with E-state index in [2.05, 4.69) is 34.1 Å². The summed E-state index contributed by atoms with van der Waals surface area (Å²) >= 11 is 1.43. The number of thiophene rings is 1. The molecule has 28 heavy (non-hydrogen) atoms. The van der Waals surface area contributed by atoms with Crippen molar-refractivity contribution in [1.29, 1.82) is 0 Å². The number of likely N-dealkylation sites (tertiary alicyclic amines) is 1. The molecular formula is C23H22N2O2S. The van der Waals surface area contributed by atoms with Crippen molar-refractivity contribution in [3.63, 3.8) is 0 Å². The Morgan fingerprint density at radius 1 is 1.04 bits per heavy atom. The van der Waals surface area contributed by atoms with Gasteiger partial charge in [-0.1, -0.05) is 24.3 Å². The molecular weight excluding hydrogens is 368 g/mol. The fraction of sp³-hybridized carbons (Fsp3) is 0.261. The van der Waals surface area contributed by atoms with Crippen LogP contribution < -0.4 is 5.56 Å². The Balaban J connectivity index is 1.56. The SMILES string of the molecule is O=c1[nH]c2ccc(O)c(-c3ccc(CCN4CCCC4)cc3)c2c2ccsc12. The summed E-state index contributed by atoms with van der Waals surface area (Å²) in [5.41, 5.74) is 3.73. The van der Waals surface area contributed by atoms with Gasteiger partial charge in [-0.2, -0.15) is 0 Å². The minimum absolute atomic E-state index is 0.0774. The predicted octanol–water partition coefficient (Wildman–Crippen LogP) is 4.75. The van der Waals surface area contributed by atoms with Crippen molar-refractivity contribution in [2.24, 2.45) is 0 Å². The molecule has 0 aliphatic carbocycles. The monoisotopic (exact) mass is 390 g/mol. The topological polar surface area (TPSA) is 56.3 Å². The number of rotatable bonds is 4. The molecule has 0 bridgehead atoms. The van der Waals surface area contributed by atoms with Crippen LogP contribution in [0.3, 0.4) is 0 Å². The van der Waals surface area contributed by atoms with E-state index < -0.39 is 0 Å². The van der Waals surface area contributed by atoms with E-state index in [1.807, 2.05) is 11.4 Å². The standard InChI is InChI=1S/C23H22N2O2S/c26-19-8-7-18-21(17-10-14-28-22(17)23(27)24-18)20(19)16-5-3-15(4-6-16)9-13-25-11-1-2-12-25/h3-8,10,14,26H,1-2,9,11-13H2,(H,24,27). The van der Waals surface area contributed by atoms with Crippen molar-refractivity contribution in [3.05, 3.63) is 63.8 Å². The lowest BCUT2D eigenvalue weighted by Gasteiger charge is -2.15. The smallest absolute Gasteiger partial charge is 0.266 e. The van der Waals surface area contributed by atoms with Crippen molar-refractivity contribution in [2.45, 2.75) is 19.3 Å². The van der Waals surface area contributed by atoms with Gasteiger partial charge in [0.05, 0.1) is 0 Å². The number of aromatic amines is 1. The predicted molar refractivity (Wildman–Crippen MR) is 116 cm³/mol. The number of pyridine rings is 1. The molecule has 0 atom stereocenters. The summed E-state index contributed by atoms with van der Waals surface area (Å²) < 4.78 is 0.696. The van der Waals surface area contributed by atoms with Gasteiger partial charge in [0.2, 0.25) is 0 Å². The lowest BCUT2D eigenvalue weighted by atomic mass is 9.96. The highest BCUT2D eigenvalue weighted by molar-refractivity contribution is 7.17. The molecule has 1 fully saturated rings. The third-order valence-electron chi connectivity index (χ3n) is 5.73. The number of nitrogens with zero attached hydrogens (tertiary/aromatic N) is 1. The zero-order valence-electron chi connectivity index (χ0n) is 15.6. The van der Waals surface area contributed by atoms with Gasteiger partial charge < -0.3 is 15.0 Å². The largest absolute Gasteiger partial charge is 0.507 e. The number of fused-ring (bicyclic) bond motifs is 3. The number of H-pyrrole nitrogens is 1. The number of nitrogens with one attached hydrogen (secondary N) is 1. The second-order valence-electron chi connectivity index (χ2n) is 7.50. The van der Waals surface area contributed by atoms with Crippen LogP contribution in [0.25, 0.3) is 32.1 Å². The zero-order valence-corrected chi connectivity index (χ0v) is 16.4. The molecule has 1 aliphatic heterocycles. The van der Waals surface area contributed by atoms with Crippen molar-refractivity contribution < 1.29 is 5.11 Å². The van der Waals surface area contributed by atoms with Gasteiger partial charge in [0.25, 0.3) is 5.56 Å². The van der Waals surface area contributed by atoms with Gasteiger partial charge in [0.15, 0.2) is 0 Å². The maximum Gasteiger partial charge on any atom is 0.266 e. The number of aromatic nitrogens is 1. The van der Waals surface area contributed by atoms with E-state index >= 15 is 0 Å². The second kappa shape index (κ2) is 7.08.